The molecular formula is C14H14Cl2N2O2. The van der Waals surface area contributed by atoms with E-state index in [1.165, 1.54) is 0 Å². The molecule has 3 atom stereocenters. The Morgan fingerprint density at radius 1 is 1.45 bits per heavy atom. The van der Waals surface area contributed by atoms with Crippen LogP contribution in [-0.4, -0.2) is 17.1 Å². The minimum Gasteiger partial charge on any atom is -0.392 e. The van der Waals surface area contributed by atoms with Crippen LogP contribution in [0.25, 0.3) is 0 Å². The summed E-state index contributed by atoms with van der Waals surface area (Å²) in [7, 11) is 0. The number of carbonyl (C=O) groups is 1. The Morgan fingerprint density at radius 2 is 2.20 bits per heavy atom. The van der Waals surface area contributed by atoms with E-state index in [0.29, 0.717) is 23.4 Å². The van der Waals surface area contributed by atoms with Gasteiger partial charge in [-0.05, 0) is 25.3 Å². The average molecular weight is 313 g/mol. The molecule has 1 saturated carbocycles. The van der Waals surface area contributed by atoms with E-state index in [4.69, 9.17) is 23.2 Å². The Morgan fingerprint density at radius 3 is 2.80 bits per heavy atom. The van der Waals surface area contributed by atoms with Crippen molar-refractivity contribution in [2.24, 2.45) is 5.92 Å². The van der Waals surface area contributed by atoms with E-state index in [-0.39, 0.29) is 10.9 Å². The molecule has 4 nitrogen and oxygen atoms in total. The summed E-state index contributed by atoms with van der Waals surface area (Å²) in [4.78, 5) is 12.1. The van der Waals surface area contributed by atoms with E-state index in [2.05, 4.69) is 5.32 Å². The number of benzene rings is 1. The lowest BCUT2D eigenvalue weighted by Gasteiger charge is -2.18. The first-order valence-electron chi connectivity index (χ1n) is 6.36. The molecule has 6 heteroatoms. The van der Waals surface area contributed by atoms with Crippen molar-refractivity contribution in [2.45, 2.75) is 31.4 Å². The number of hydrogen-bond acceptors (Lipinski definition) is 3. The molecule has 2 rings (SSSR count). The molecule has 20 heavy (non-hydrogen) atoms. The molecule has 2 N–H and O–H groups in total. The molecule has 1 aromatic carbocycles. The van der Waals surface area contributed by atoms with Crippen molar-refractivity contribution in [2.75, 3.05) is 0 Å². The molecule has 1 aliphatic carbocycles. The number of nitriles is 1. The number of hydrogen-bond donors (Lipinski definition) is 2. The number of nitrogens with one attached hydrogen (secondary N) is 1. The summed E-state index contributed by atoms with van der Waals surface area (Å²) in [6.45, 7) is 0. The highest BCUT2D eigenvalue weighted by molar-refractivity contribution is 6.42. The molecule has 1 aliphatic rings. The summed E-state index contributed by atoms with van der Waals surface area (Å²) in [5, 5.41) is 22.2. The van der Waals surface area contributed by atoms with Crippen molar-refractivity contribution in [3.05, 3.63) is 33.8 Å². The van der Waals surface area contributed by atoms with Crippen molar-refractivity contribution in [3.8, 4) is 6.07 Å². The van der Waals surface area contributed by atoms with Gasteiger partial charge < -0.3 is 10.4 Å². The SMILES string of the molecule is N#CC(NC(=O)C1CCCC1O)c1cccc(Cl)c1Cl. The lowest BCUT2D eigenvalue weighted by atomic mass is 10.0. The predicted molar refractivity (Wildman–Crippen MR) is 76.3 cm³/mol. The minimum absolute atomic E-state index is 0.257. The van der Waals surface area contributed by atoms with Crippen molar-refractivity contribution >= 4 is 29.1 Å². The van der Waals surface area contributed by atoms with Gasteiger partial charge in [0.25, 0.3) is 0 Å². The van der Waals surface area contributed by atoms with Crippen LogP contribution in [0.5, 0.6) is 0 Å². The van der Waals surface area contributed by atoms with Crippen LogP contribution in [0.3, 0.4) is 0 Å². The van der Waals surface area contributed by atoms with Crippen LogP contribution in [0.4, 0.5) is 0 Å². The number of aliphatic hydroxyl groups excluding tert-OH is 1. The Bertz CT molecular complexity index is 557. The maximum Gasteiger partial charge on any atom is 0.227 e. The van der Waals surface area contributed by atoms with Crippen LogP contribution < -0.4 is 5.32 Å². The molecule has 1 aromatic rings. The zero-order chi connectivity index (χ0) is 14.7. The van der Waals surface area contributed by atoms with Gasteiger partial charge in [-0.25, -0.2) is 0 Å². The van der Waals surface area contributed by atoms with Crippen molar-refractivity contribution in [3.63, 3.8) is 0 Å². The van der Waals surface area contributed by atoms with Gasteiger partial charge in [-0.3, -0.25) is 4.79 Å². The molecule has 0 aromatic heterocycles. The quantitative estimate of drug-likeness (QED) is 0.901. The Balaban J connectivity index is 2.15. The van der Waals surface area contributed by atoms with E-state index in [1.807, 2.05) is 6.07 Å². The maximum atomic E-state index is 12.1. The fourth-order valence-corrected chi connectivity index (χ4v) is 2.84. The van der Waals surface area contributed by atoms with Gasteiger partial charge in [-0.2, -0.15) is 5.26 Å². The summed E-state index contributed by atoms with van der Waals surface area (Å²) < 4.78 is 0. The van der Waals surface area contributed by atoms with Crippen LogP contribution in [0, 0.1) is 17.2 Å². The van der Waals surface area contributed by atoms with E-state index in [1.54, 1.807) is 18.2 Å². The van der Waals surface area contributed by atoms with E-state index in [9.17, 15) is 15.2 Å². The highest BCUT2D eigenvalue weighted by Gasteiger charge is 2.33. The highest BCUT2D eigenvalue weighted by atomic mass is 35.5. The number of rotatable bonds is 3. The summed E-state index contributed by atoms with van der Waals surface area (Å²) in [6, 6.07) is 6.06. The predicted octanol–water partition coefficient (Wildman–Crippen LogP) is 2.84. The molecule has 0 radical (unpaired) electrons. The third-order valence-electron chi connectivity index (χ3n) is 3.52. The largest absolute Gasteiger partial charge is 0.392 e. The minimum atomic E-state index is -0.874. The molecule has 106 valence electrons. The van der Waals surface area contributed by atoms with Gasteiger partial charge in [0, 0.05) is 5.56 Å². The second kappa shape index (κ2) is 6.45. The molecule has 0 aliphatic heterocycles. The van der Waals surface area contributed by atoms with Gasteiger partial charge in [0.1, 0.15) is 6.04 Å². The molecule has 1 amide bonds. The second-order valence-corrected chi connectivity index (χ2v) is 5.60. The van der Waals surface area contributed by atoms with Crippen LogP contribution in [-0.2, 0) is 4.79 Å². The first-order valence-corrected chi connectivity index (χ1v) is 7.12. The number of amides is 1. The van der Waals surface area contributed by atoms with Crippen molar-refractivity contribution in [1.82, 2.24) is 5.32 Å². The van der Waals surface area contributed by atoms with Crippen LogP contribution >= 0.6 is 23.2 Å². The monoisotopic (exact) mass is 312 g/mol. The van der Waals surface area contributed by atoms with Crippen LogP contribution in [0.1, 0.15) is 30.9 Å². The number of nitrogens with zero attached hydrogens (tertiary/aromatic N) is 1. The second-order valence-electron chi connectivity index (χ2n) is 4.82. The summed E-state index contributed by atoms with van der Waals surface area (Å²) in [5.41, 5.74) is 0.461. The Hall–Kier alpha value is -1.28. The standard InChI is InChI=1S/C14H14Cl2N2O2/c15-10-5-1-3-8(13(10)16)11(7-17)18-14(20)9-4-2-6-12(9)19/h1,3,5,9,11-12,19H,2,4,6H2,(H,18,20). The van der Waals surface area contributed by atoms with Gasteiger partial charge >= 0.3 is 0 Å². The molecule has 0 saturated heterocycles. The first-order chi connectivity index (χ1) is 9.54. The fourth-order valence-electron chi connectivity index (χ4n) is 2.42. The molecule has 0 spiro atoms. The first kappa shape index (κ1) is 15.1. The third-order valence-corrected chi connectivity index (χ3v) is 4.36. The normalized spacial score (nSPS) is 23.1. The molecule has 1 fully saturated rings. The molecule has 0 heterocycles. The summed E-state index contributed by atoms with van der Waals surface area (Å²) in [6.07, 6.45) is 1.43. The van der Waals surface area contributed by atoms with E-state index < -0.39 is 18.1 Å². The topological polar surface area (TPSA) is 73.1 Å². The van der Waals surface area contributed by atoms with Crippen molar-refractivity contribution in [1.29, 1.82) is 5.26 Å². The van der Waals surface area contributed by atoms with Gasteiger partial charge in [0.05, 0.1) is 28.1 Å². The Kier molecular flexibility index (Phi) is 4.87. The highest BCUT2D eigenvalue weighted by Crippen LogP contribution is 2.31. The third kappa shape index (κ3) is 3.06. The van der Waals surface area contributed by atoms with E-state index >= 15 is 0 Å². The number of halogens is 2. The molecule has 3 unspecified atom stereocenters. The van der Waals surface area contributed by atoms with Gasteiger partial charge in [-0.15, -0.1) is 0 Å². The van der Waals surface area contributed by atoms with Crippen LogP contribution in [0.15, 0.2) is 18.2 Å². The smallest absolute Gasteiger partial charge is 0.227 e. The van der Waals surface area contributed by atoms with Gasteiger partial charge in [-0.1, -0.05) is 35.3 Å². The van der Waals surface area contributed by atoms with E-state index in [0.717, 1.165) is 6.42 Å². The van der Waals surface area contributed by atoms with Gasteiger partial charge in [0.2, 0.25) is 5.91 Å². The lowest BCUT2D eigenvalue weighted by molar-refractivity contribution is -0.127. The zero-order valence-electron chi connectivity index (χ0n) is 10.6. The van der Waals surface area contributed by atoms with Crippen LogP contribution in [0.2, 0.25) is 10.0 Å². The lowest BCUT2D eigenvalue weighted by Crippen LogP contribution is -2.36. The molecular weight excluding hydrogens is 299 g/mol. The number of carbonyl (C=O) groups excluding carboxylic acids is 1. The number of aliphatic hydroxyl groups is 1. The van der Waals surface area contributed by atoms with Gasteiger partial charge in [0.15, 0.2) is 0 Å². The molecule has 0 bridgehead atoms. The summed E-state index contributed by atoms with van der Waals surface area (Å²) >= 11 is 12.0. The fraction of sp³-hybridized carbons (Fsp3) is 0.429. The average Bonchev–Trinajstić information content (AvgIpc) is 2.85. The summed E-state index contributed by atoms with van der Waals surface area (Å²) in [5.74, 6) is -0.776. The zero-order valence-corrected chi connectivity index (χ0v) is 12.2. The van der Waals surface area contributed by atoms with Crippen molar-refractivity contribution < 1.29 is 9.90 Å². The maximum absolute atomic E-state index is 12.1. The Labute approximate surface area is 127 Å².